The molecule has 0 aliphatic heterocycles. The molecule has 0 spiro atoms. The average Bonchev–Trinajstić information content (AvgIpc) is 2.43. The highest BCUT2D eigenvalue weighted by atomic mass is 16.4. The lowest BCUT2D eigenvalue weighted by molar-refractivity contribution is 0.320. The number of rotatable bonds is 3. The molecule has 0 radical (unpaired) electrons. The van der Waals surface area contributed by atoms with E-state index in [1.54, 1.807) is 31.2 Å². The highest BCUT2D eigenvalue weighted by Gasteiger charge is 2.07. The van der Waals surface area contributed by atoms with Gasteiger partial charge in [-0.2, -0.15) is 0 Å². The van der Waals surface area contributed by atoms with Crippen LogP contribution in [0.5, 0.6) is 5.75 Å². The van der Waals surface area contributed by atoms with Crippen LogP contribution in [-0.2, 0) is 0 Å². The fraction of sp³-hybridized carbons (Fsp3) is 0.0667. The number of oxime groups is 1. The summed E-state index contributed by atoms with van der Waals surface area (Å²) in [5.41, 5.74) is 2.51. The summed E-state index contributed by atoms with van der Waals surface area (Å²) in [7, 11) is 0. The van der Waals surface area contributed by atoms with Gasteiger partial charge in [0.2, 0.25) is 0 Å². The van der Waals surface area contributed by atoms with Crippen molar-refractivity contribution in [2.75, 3.05) is 0 Å². The normalized spacial score (nSPS) is 12.5. The van der Waals surface area contributed by atoms with Crippen LogP contribution in [0.4, 0.5) is 5.69 Å². The second kappa shape index (κ2) is 5.82. The third-order valence-corrected chi connectivity index (χ3v) is 2.64. The molecule has 0 aliphatic carbocycles. The number of benzene rings is 2. The minimum atomic E-state index is 0.190. The van der Waals surface area contributed by atoms with Gasteiger partial charge in [-0.15, -0.1) is 0 Å². The van der Waals surface area contributed by atoms with Crippen molar-refractivity contribution in [3.63, 3.8) is 0 Å². The van der Waals surface area contributed by atoms with Gasteiger partial charge in [0.05, 0.1) is 11.4 Å². The average molecular weight is 254 g/mol. The van der Waals surface area contributed by atoms with Crippen LogP contribution in [0.15, 0.2) is 64.7 Å². The van der Waals surface area contributed by atoms with Crippen LogP contribution in [-0.4, -0.2) is 21.7 Å². The number of hydrogen-bond acceptors (Lipinski definition) is 4. The van der Waals surface area contributed by atoms with Crippen LogP contribution < -0.4 is 0 Å². The summed E-state index contributed by atoms with van der Waals surface area (Å²) in [6, 6.07) is 15.8. The molecular weight excluding hydrogens is 240 g/mol. The lowest BCUT2D eigenvalue weighted by atomic mass is 10.1. The molecule has 0 saturated carbocycles. The van der Waals surface area contributed by atoms with Crippen molar-refractivity contribution in [2.24, 2.45) is 10.1 Å². The predicted octanol–water partition coefficient (Wildman–Crippen LogP) is 3.36. The number of nitrogens with zero attached hydrogens (tertiary/aromatic N) is 2. The summed E-state index contributed by atoms with van der Waals surface area (Å²) in [6.45, 7) is 1.77. The molecule has 0 unspecified atom stereocenters. The largest absolute Gasteiger partial charge is 0.508 e. The van der Waals surface area contributed by atoms with E-state index in [1.807, 2.05) is 30.3 Å². The Morgan fingerprint density at radius 2 is 1.58 bits per heavy atom. The molecule has 4 nitrogen and oxygen atoms in total. The second-order valence-electron chi connectivity index (χ2n) is 4.03. The molecule has 2 N–H and O–H groups in total. The molecule has 2 aromatic carbocycles. The van der Waals surface area contributed by atoms with E-state index in [0.29, 0.717) is 17.1 Å². The van der Waals surface area contributed by atoms with Crippen LogP contribution in [0, 0.1) is 0 Å². The Hall–Kier alpha value is -2.62. The Labute approximate surface area is 111 Å². The van der Waals surface area contributed by atoms with Crippen molar-refractivity contribution < 1.29 is 10.3 Å². The third-order valence-electron chi connectivity index (χ3n) is 2.64. The zero-order chi connectivity index (χ0) is 13.7. The van der Waals surface area contributed by atoms with E-state index in [4.69, 9.17) is 5.21 Å². The van der Waals surface area contributed by atoms with Gasteiger partial charge in [0, 0.05) is 5.56 Å². The third kappa shape index (κ3) is 3.19. The van der Waals surface area contributed by atoms with Crippen LogP contribution in [0.1, 0.15) is 12.5 Å². The van der Waals surface area contributed by atoms with Gasteiger partial charge in [-0.1, -0.05) is 35.5 Å². The first-order chi connectivity index (χ1) is 9.20. The van der Waals surface area contributed by atoms with Gasteiger partial charge in [0.1, 0.15) is 11.5 Å². The minimum absolute atomic E-state index is 0.190. The SMILES string of the molecule is CC(=Nc1ccc(O)cc1)/C(=N/O)c1ccccc1. The van der Waals surface area contributed by atoms with E-state index in [9.17, 15) is 5.11 Å². The molecule has 0 aromatic heterocycles. The molecule has 0 atom stereocenters. The summed E-state index contributed by atoms with van der Waals surface area (Å²) in [5.74, 6) is 0.190. The first kappa shape index (κ1) is 12.8. The zero-order valence-electron chi connectivity index (χ0n) is 10.5. The number of hydrogen-bond donors (Lipinski definition) is 2. The van der Waals surface area contributed by atoms with Crippen molar-refractivity contribution >= 4 is 17.1 Å². The van der Waals surface area contributed by atoms with Gasteiger partial charge in [-0.05, 0) is 31.2 Å². The molecule has 19 heavy (non-hydrogen) atoms. The van der Waals surface area contributed by atoms with E-state index < -0.39 is 0 Å². The fourth-order valence-electron chi connectivity index (χ4n) is 1.71. The predicted molar refractivity (Wildman–Crippen MR) is 75.6 cm³/mol. The van der Waals surface area contributed by atoms with Crippen LogP contribution in [0.2, 0.25) is 0 Å². The van der Waals surface area contributed by atoms with Crippen LogP contribution in [0.3, 0.4) is 0 Å². The van der Waals surface area contributed by atoms with Crippen LogP contribution in [0.25, 0.3) is 0 Å². The highest BCUT2D eigenvalue weighted by molar-refractivity contribution is 6.47. The monoisotopic (exact) mass is 254 g/mol. The molecule has 2 rings (SSSR count). The summed E-state index contributed by atoms with van der Waals surface area (Å²) >= 11 is 0. The smallest absolute Gasteiger partial charge is 0.131 e. The summed E-state index contributed by atoms with van der Waals surface area (Å²) < 4.78 is 0. The van der Waals surface area contributed by atoms with Crippen LogP contribution >= 0.6 is 0 Å². The second-order valence-corrected chi connectivity index (χ2v) is 4.03. The molecule has 0 bridgehead atoms. The Kier molecular flexibility index (Phi) is 3.93. The first-order valence-electron chi connectivity index (χ1n) is 5.83. The van der Waals surface area contributed by atoms with Crippen molar-refractivity contribution in [1.29, 1.82) is 0 Å². The summed E-state index contributed by atoms with van der Waals surface area (Å²) in [5, 5.41) is 21.7. The van der Waals surface area contributed by atoms with Crippen molar-refractivity contribution in [3.8, 4) is 5.75 Å². The maximum absolute atomic E-state index is 9.21. The Balaban J connectivity index is 2.32. The molecule has 2 aromatic rings. The first-order valence-corrected chi connectivity index (χ1v) is 5.83. The molecule has 96 valence electrons. The minimum Gasteiger partial charge on any atom is -0.508 e. The molecule has 0 amide bonds. The fourth-order valence-corrected chi connectivity index (χ4v) is 1.71. The van der Waals surface area contributed by atoms with E-state index in [2.05, 4.69) is 10.1 Å². The number of phenolic OH excluding ortho intramolecular Hbond substituents is 1. The van der Waals surface area contributed by atoms with Crippen molar-refractivity contribution in [3.05, 3.63) is 60.2 Å². The number of aliphatic imine (C=N–C) groups is 1. The van der Waals surface area contributed by atoms with Gasteiger partial charge >= 0.3 is 0 Å². The molecular formula is C15H14N2O2. The number of phenols is 1. The standard InChI is InChI=1S/C15H14N2O2/c1-11(16-13-7-9-14(18)10-8-13)15(17-19)12-5-3-2-4-6-12/h2-10,18-19H,1H3/b16-11?,17-15-. The quantitative estimate of drug-likeness (QED) is 0.501. The Bertz CT molecular complexity index is 602. The van der Waals surface area contributed by atoms with Crippen molar-refractivity contribution in [1.82, 2.24) is 0 Å². The topological polar surface area (TPSA) is 65.2 Å². The Morgan fingerprint density at radius 1 is 0.947 bits per heavy atom. The molecule has 0 fully saturated rings. The van der Waals surface area contributed by atoms with Gasteiger partial charge in [0.15, 0.2) is 0 Å². The van der Waals surface area contributed by atoms with E-state index in [1.165, 1.54) is 0 Å². The molecule has 4 heteroatoms. The molecule has 0 aliphatic rings. The van der Waals surface area contributed by atoms with E-state index in [0.717, 1.165) is 5.56 Å². The molecule has 0 heterocycles. The van der Waals surface area contributed by atoms with Crippen molar-refractivity contribution in [2.45, 2.75) is 6.92 Å². The summed E-state index contributed by atoms with van der Waals surface area (Å²) in [4.78, 5) is 4.36. The van der Waals surface area contributed by atoms with E-state index in [-0.39, 0.29) is 5.75 Å². The lowest BCUT2D eigenvalue weighted by Crippen LogP contribution is -2.11. The maximum atomic E-state index is 9.21. The Morgan fingerprint density at radius 3 is 2.16 bits per heavy atom. The van der Waals surface area contributed by atoms with Gasteiger partial charge in [-0.3, -0.25) is 4.99 Å². The highest BCUT2D eigenvalue weighted by Crippen LogP contribution is 2.17. The maximum Gasteiger partial charge on any atom is 0.131 e. The number of aromatic hydroxyl groups is 1. The lowest BCUT2D eigenvalue weighted by Gasteiger charge is -2.04. The summed E-state index contributed by atoms with van der Waals surface area (Å²) in [6.07, 6.45) is 0. The van der Waals surface area contributed by atoms with E-state index >= 15 is 0 Å². The van der Waals surface area contributed by atoms with Gasteiger partial charge in [-0.25, -0.2) is 0 Å². The zero-order valence-corrected chi connectivity index (χ0v) is 10.5. The van der Waals surface area contributed by atoms with Gasteiger partial charge in [0.25, 0.3) is 0 Å². The molecule has 0 saturated heterocycles. The van der Waals surface area contributed by atoms with Gasteiger partial charge < -0.3 is 10.3 Å².